The number of para-hydroxylation sites is 1. The molecule has 6 nitrogen and oxygen atoms in total. The molecule has 1 heterocycles. The highest BCUT2D eigenvalue weighted by Crippen LogP contribution is 2.27. The van der Waals surface area contributed by atoms with E-state index in [1.165, 1.54) is 12.1 Å². The average molecular weight is 363 g/mol. The maximum Gasteiger partial charge on any atom is 0.435 e. The summed E-state index contributed by atoms with van der Waals surface area (Å²) in [5, 5.41) is 3.35. The van der Waals surface area contributed by atoms with Crippen LogP contribution in [0.4, 0.5) is 13.2 Å². The third kappa shape index (κ3) is 4.48. The Balaban J connectivity index is 2.02. The average Bonchev–Trinajstić information content (AvgIpc) is 2.97. The number of rotatable bonds is 7. The summed E-state index contributed by atoms with van der Waals surface area (Å²) in [4.78, 5) is -0.0247. The summed E-state index contributed by atoms with van der Waals surface area (Å²) in [5.41, 5.74) is -1.02. The van der Waals surface area contributed by atoms with E-state index < -0.39 is 21.9 Å². The fourth-order valence-electron chi connectivity index (χ4n) is 1.96. The molecule has 0 aliphatic heterocycles. The third-order valence-electron chi connectivity index (χ3n) is 3.00. The number of halogens is 3. The second kappa shape index (κ2) is 7.22. The molecule has 0 fully saturated rings. The minimum Gasteiger partial charge on any atom is -0.492 e. The van der Waals surface area contributed by atoms with Crippen molar-refractivity contribution in [2.24, 2.45) is 0 Å². The van der Waals surface area contributed by atoms with Gasteiger partial charge in [0, 0.05) is 12.7 Å². The number of nitrogens with zero attached hydrogens (tertiary/aromatic N) is 2. The van der Waals surface area contributed by atoms with Gasteiger partial charge in [-0.1, -0.05) is 12.1 Å². The Labute approximate surface area is 137 Å². The summed E-state index contributed by atoms with van der Waals surface area (Å²) in [6, 6.07) is 6.95. The van der Waals surface area contributed by atoms with Crippen LogP contribution in [0.3, 0.4) is 0 Å². The summed E-state index contributed by atoms with van der Waals surface area (Å²) in [7, 11) is -3.84. The van der Waals surface area contributed by atoms with E-state index in [4.69, 9.17) is 4.74 Å². The molecule has 0 saturated carbocycles. The molecular weight excluding hydrogens is 347 g/mol. The molecule has 0 bridgehead atoms. The van der Waals surface area contributed by atoms with Crippen LogP contribution in [-0.4, -0.2) is 31.3 Å². The number of hydrogen-bond donors (Lipinski definition) is 1. The van der Waals surface area contributed by atoms with Gasteiger partial charge in [0.15, 0.2) is 5.69 Å². The van der Waals surface area contributed by atoms with Crippen molar-refractivity contribution in [3.63, 3.8) is 0 Å². The molecule has 0 atom stereocenters. The van der Waals surface area contributed by atoms with E-state index in [9.17, 15) is 21.6 Å². The van der Waals surface area contributed by atoms with Crippen LogP contribution < -0.4 is 9.46 Å². The van der Waals surface area contributed by atoms with Gasteiger partial charge in [0.1, 0.15) is 10.6 Å². The smallest absolute Gasteiger partial charge is 0.435 e. The van der Waals surface area contributed by atoms with Gasteiger partial charge in [-0.2, -0.15) is 18.3 Å². The second-order valence-corrected chi connectivity index (χ2v) is 6.47. The first-order chi connectivity index (χ1) is 11.2. The van der Waals surface area contributed by atoms with E-state index >= 15 is 0 Å². The predicted octanol–water partition coefficient (Wildman–Crippen LogP) is 2.28. The molecule has 1 N–H and O–H groups in total. The fraction of sp³-hybridized carbons (Fsp3) is 0.357. The number of nitrogens with one attached hydrogen (secondary N) is 1. The van der Waals surface area contributed by atoms with Crippen LogP contribution in [0.25, 0.3) is 0 Å². The zero-order chi connectivity index (χ0) is 17.8. The lowest BCUT2D eigenvalue weighted by Gasteiger charge is -2.11. The van der Waals surface area contributed by atoms with Crippen molar-refractivity contribution < 1.29 is 26.3 Å². The first-order valence-electron chi connectivity index (χ1n) is 7.06. The van der Waals surface area contributed by atoms with E-state index in [-0.39, 0.29) is 23.7 Å². The highest BCUT2D eigenvalue weighted by Gasteiger charge is 2.33. The molecule has 1 aromatic heterocycles. The molecule has 0 aliphatic carbocycles. The fourth-order valence-corrected chi connectivity index (χ4v) is 3.12. The van der Waals surface area contributed by atoms with Gasteiger partial charge in [0.25, 0.3) is 0 Å². The molecule has 0 spiro atoms. The Hall–Kier alpha value is -2.07. The summed E-state index contributed by atoms with van der Waals surface area (Å²) in [5.74, 6) is 0.214. The van der Waals surface area contributed by atoms with Gasteiger partial charge >= 0.3 is 6.18 Å². The topological polar surface area (TPSA) is 73.2 Å². The minimum atomic E-state index is -4.53. The zero-order valence-corrected chi connectivity index (χ0v) is 13.6. The molecule has 2 aromatic rings. The van der Waals surface area contributed by atoms with Crippen molar-refractivity contribution in [1.29, 1.82) is 0 Å². The molecule has 0 radical (unpaired) electrons. The lowest BCUT2D eigenvalue weighted by molar-refractivity contribution is -0.141. The molecule has 0 aliphatic rings. The highest BCUT2D eigenvalue weighted by atomic mass is 32.2. The monoisotopic (exact) mass is 363 g/mol. The Morgan fingerprint density at radius 1 is 1.25 bits per heavy atom. The van der Waals surface area contributed by atoms with Crippen molar-refractivity contribution in [1.82, 2.24) is 14.5 Å². The SMILES string of the molecule is CCOc1ccccc1S(=O)(=O)NCCn1ccc(C(F)(F)F)n1. The quantitative estimate of drug-likeness (QED) is 0.819. The van der Waals surface area contributed by atoms with Gasteiger partial charge in [-0.15, -0.1) is 0 Å². The van der Waals surface area contributed by atoms with Crippen LogP contribution in [0.15, 0.2) is 41.4 Å². The number of ether oxygens (including phenoxy) is 1. The van der Waals surface area contributed by atoms with Crippen LogP contribution in [0, 0.1) is 0 Å². The standard InChI is InChI=1S/C14H16F3N3O3S/c1-2-23-11-5-3-4-6-12(11)24(21,22)18-8-10-20-9-7-13(19-20)14(15,16)17/h3-7,9,18H,2,8,10H2,1H3. The number of hydrogen-bond acceptors (Lipinski definition) is 4. The van der Waals surface area contributed by atoms with Crippen molar-refractivity contribution in [3.05, 3.63) is 42.2 Å². The normalized spacial score (nSPS) is 12.3. The van der Waals surface area contributed by atoms with Gasteiger partial charge in [-0.05, 0) is 25.1 Å². The van der Waals surface area contributed by atoms with Crippen molar-refractivity contribution in [2.75, 3.05) is 13.2 Å². The molecule has 0 amide bonds. The van der Waals surface area contributed by atoms with Gasteiger partial charge in [0.05, 0.1) is 13.2 Å². The van der Waals surface area contributed by atoms with Crippen LogP contribution in [0.2, 0.25) is 0 Å². The van der Waals surface area contributed by atoms with Crippen LogP contribution in [0.1, 0.15) is 12.6 Å². The molecule has 10 heteroatoms. The molecule has 2 rings (SSSR count). The van der Waals surface area contributed by atoms with Crippen LogP contribution >= 0.6 is 0 Å². The number of sulfonamides is 1. The maximum absolute atomic E-state index is 12.4. The van der Waals surface area contributed by atoms with Crippen molar-refractivity contribution >= 4 is 10.0 Å². The van der Waals surface area contributed by atoms with Gasteiger partial charge < -0.3 is 4.74 Å². The van der Waals surface area contributed by atoms with Gasteiger partial charge in [0.2, 0.25) is 10.0 Å². The van der Waals surface area contributed by atoms with E-state index in [1.807, 2.05) is 0 Å². The van der Waals surface area contributed by atoms with Gasteiger partial charge in [-0.25, -0.2) is 13.1 Å². The summed E-state index contributed by atoms with van der Waals surface area (Å²) in [6.07, 6.45) is -3.38. The largest absolute Gasteiger partial charge is 0.492 e. The van der Waals surface area contributed by atoms with E-state index in [2.05, 4.69) is 9.82 Å². The first-order valence-corrected chi connectivity index (χ1v) is 8.54. The van der Waals surface area contributed by atoms with E-state index in [1.54, 1.807) is 19.1 Å². The van der Waals surface area contributed by atoms with Crippen LogP contribution in [0.5, 0.6) is 5.75 Å². The highest BCUT2D eigenvalue weighted by molar-refractivity contribution is 7.89. The Kier molecular flexibility index (Phi) is 5.50. The zero-order valence-electron chi connectivity index (χ0n) is 12.7. The van der Waals surface area contributed by atoms with Crippen molar-refractivity contribution in [3.8, 4) is 5.75 Å². The third-order valence-corrected chi connectivity index (χ3v) is 4.50. The maximum atomic E-state index is 12.4. The Morgan fingerprint density at radius 3 is 2.58 bits per heavy atom. The Bertz CT molecular complexity index is 788. The number of alkyl halides is 3. The summed E-state index contributed by atoms with van der Waals surface area (Å²) in [6.45, 7) is 1.89. The molecule has 132 valence electrons. The first kappa shape index (κ1) is 18.3. The Morgan fingerprint density at radius 2 is 1.96 bits per heavy atom. The second-order valence-electron chi connectivity index (χ2n) is 4.74. The molecule has 24 heavy (non-hydrogen) atoms. The molecular formula is C14H16F3N3O3S. The summed E-state index contributed by atoms with van der Waals surface area (Å²) >= 11 is 0. The van der Waals surface area contributed by atoms with Crippen molar-refractivity contribution in [2.45, 2.75) is 24.5 Å². The van der Waals surface area contributed by atoms with E-state index in [0.717, 1.165) is 16.9 Å². The predicted molar refractivity (Wildman–Crippen MR) is 80.0 cm³/mol. The molecule has 1 aromatic carbocycles. The van der Waals surface area contributed by atoms with Gasteiger partial charge in [-0.3, -0.25) is 4.68 Å². The summed E-state index contributed by atoms with van der Waals surface area (Å²) < 4.78 is 70.5. The lowest BCUT2D eigenvalue weighted by Crippen LogP contribution is -2.28. The lowest BCUT2D eigenvalue weighted by atomic mass is 10.3. The number of benzene rings is 1. The number of aromatic nitrogens is 2. The minimum absolute atomic E-state index is 0.0247. The molecule has 0 unspecified atom stereocenters. The van der Waals surface area contributed by atoms with E-state index in [0.29, 0.717) is 6.61 Å². The molecule has 0 saturated heterocycles. The van der Waals surface area contributed by atoms with Crippen LogP contribution in [-0.2, 0) is 22.7 Å².